The van der Waals surface area contributed by atoms with Gasteiger partial charge in [-0.25, -0.2) is 0 Å². The van der Waals surface area contributed by atoms with E-state index >= 15 is 0 Å². The van der Waals surface area contributed by atoms with Crippen molar-refractivity contribution in [2.24, 2.45) is 5.92 Å². The molecule has 7 heteroatoms. The molecule has 0 saturated carbocycles. The molecule has 26 heavy (non-hydrogen) atoms. The summed E-state index contributed by atoms with van der Waals surface area (Å²) >= 11 is 0.967. The van der Waals surface area contributed by atoms with Gasteiger partial charge in [0.15, 0.2) is 0 Å². The Morgan fingerprint density at radius 2 is 1.81 bits per heavy atom. The minimum atomic E-state index is -0.205. The lowest BCUT2D eigenvalue weighted by Crippen LogP contribution is -2.27. The number of hydrogen-bond acceptors (Lipinski definition) is 4. The van der Waals surface area contributed by atoms with Crippen LogP contribution in [0.2, 0.25) is 0 Å². The van der Waals surface area contributed by atoms with Gasteiger partial charge >= 0.3 is 4.87 Å². The summed E-state index contributed by atoms with van der Waals surface area (Å²) in [5.74, 6) is 0.0787. The molecule has 0 fully saturated rings. The van der Waals surface area contributed by atoms with Gasteiger partial charge in [-0.1, -0.05) is 37.3 Å². The highest BCUT2D eigenvalue weighted by Crippen LogP contribution is 2.15. The quantitative estimate of drug-likeness (QED) is 0.842. The van der Waals surface area contributed by atoms with Crippen molar-refractivity contribution in [2.45, 2.75) is 27.3 Å². The van der Waals surface area contributed by atoms with Crippen LogP contribution in [0.25, 0.3) is 0 Å². The van der Waals surface area contributed by atoms with Crippen LogP contribution < -0.4 is 10.2 Å². The third-order valence-electron chi connectivity index (χ3n) is 3.97. The van der Waals surface area contributed by atoms with E-state index in [4.69, 9.17) is 0 Å². The van der Waals surface area contributed by atoms with E-state index in [2.05, 4.69) is 5.32 Å². The van der Waals surface area contributed by atoms with Crippen molar-refractivity contribution >= 4 is 23.2 Å². The molecule has 0 radical (unpaired) electrons. The first-order valence-electron chi connectivity index (χ1n) is 8.49. The van der Waals surface area contributed by atoms with E-state index in [1.165, 1.54) is 4.90 Å². The number of amides is 2. The fourth-order valence-electron chi connectivity index (χ4n) is 2.44. The highest BCUT2D eigenvalue weighted by atomic mass is 32.1. The molecule has 1 aromatic heterocycles. The number of rotatable bonds is 6. The normalized spacial score (nSPS) is 10.8. The maximum Gasteiger partial charge on any atom is 0.308 e. The van der Waals surface area contributed by atoms with Crippen LogP contribution in [0.1, 0.15) is 45.1 Å². The van der Waals surface area contributed by atoms with Crippen LogP contribution in [0.5, 0.6) is 0 Å². The first kappa shape index (κ1) is 19.9. The Morgan fingerprint density at radius 1 is 1.19 bits per heavy atom. The van der Waals surface area contributed by atoms with Gasteiger partial charge in [0.1, 0.15) is 4.88 Å². The largest absolute Gasteiger partial charge is 0.351 e. The zero-order valence-corrected chi connectivity index (χ0v) is 16.6. The van der Waals surface area contributed by atoms with Crippen LogP contribution in [-0.4, -0.2) is 41.9 Å². The lowest BCUT2D eigenvalue weighted by Gasteiger charge is -2.11. The van der Waals surface area contributed by atoms with E-state index < -0.39 is 0 Å². The van der Waals surface area contributed by atoms with Gasteiger partial charge in [0, 0.05) is 31.9 Å². The maximum absolute atomic E-state index is 12.3. The first-order valence-corrected chi connectivity index (χ1v) is 9.31. The summed E-state index contributed by atoms with van der Waals surface area (Å²) in [6.07, 6.45) is 0. The molecule has 0 aliphatic heterocycles. The average molecular weight is 375 g/mol. The molecule has 0 atom stereocenters. The van der Waals surface area contributed by atoms with E-state index in [0.717, 1.165) is 16.9 Å². The van der Waals surface area contributed by atoms with Crippen LogP contribution in [0.15, 0.2) is 29.1 Å². The molecule has 0 bridgehead atoms. The van der Waals surface area contributed by atoms with E-state index in [1.807, 2.05) is 26.0 Å². The molecule has 2 rings (SSSR count). The van der Waals surface area contributed by atoms with Crippen molar-refractivity contribution in [3.8, 4) is 0 Å². The van der Waals surface area contributed by atoms with Crippen molar-refractivity contribution in [3.63, 3.8) is 0 Å². The van der Waals surface area contributed by atoms with Gasteiger partial charge < -0.3 is 10.2 Å². The summed E-state index contributed by atoms with van der Waals surface area (Å²) < 4.78 is 1.59. The molecular formula is C19H25N3O3S. The molecule has 1 aromatic carbocycles. The third kappa shape index (κ3) is 4.60. The summed E-state index contributed by atoms with van der Waals surface area (Å²) in [6, 6.07) is 7.17. The molecule has 1 heterocycles. The molecule has 0 saturated heterocycles. The maximum atomic E-state index is 12.3. The van der Waals surface area contributed by atoms with Gasteiger partial charge in [0.05, 0.1) is 6.54 Å². The SMILES string of the molecule is Cc1c(C(=O)NCC(C)C)sc(=O)n1Cc1ccc(C(=O)N(C)C)cc1. The molecule has 0 aliphatic rings. The van der Waals surface area contributed by atoms with Crippen LogP contribution in [0.3, 0.4) is 0 Å². The number of benzene rings is 1. The van der Waals surface area contributed by atoms with Crippen LogP contribution >= 0.6 is 11.3 Å². The molecule has 0 aliphatic carbocycles. The molecule has 6 nitrogen and oxygen atoms in total. The summed E-state index contributed by atoms with van der Waals surface area (Å²) in [7, 11) is 3.41. The van der Waals surface area contributed by atoms with Crippen LogP contribution in [-0.2, 0) is 6.54 Å². The number of nitrogens with zero attached hydrogens (tertiary/aromatic N) is 2. The van der Waals surface area contributed by atoms with Gasteiger partial charge in [-0.05, 0) is 30.5 Å². The number of carbonyl (C=O) groups is 2. The molecule has 2 aromatic rings. The Balaban J connectivity index is 2.19. The van der Waals surface area contributed by atoms with E-state index in [1.54, 1.807) is 37.7 Å². The zero-order valence-electron chi connectivity index (χ0n) is 15.8. The Labute approximate surface area is 157 Å². The smallest absolute Gasteiger partial charge is 0.308 e. The van der Waals surface area contributed by atoms with Crippen molar-refractivity contribution in [1.29, 1.82) is 0 Å². The van der Waals surface area contributed by atoms with Gasteiger partial charge in [-0.2, -0.15) is 0 Å². The van der Waals surface area contributed by atoms with E-state index in [-0.39, 0.29) is 16.7 Å². The van der Waals surface area contributed by atoms with Crippen molar-refractivity contribution in [2.75, 3.05) is 20.6 Å². The Hall–Kier alpha value is -2.41. The monoisotopic (exact) mass is 375 g/mol. The van der Waals surface area contributed by atoms with Gasteiger partial charge in [-0.3, -0.25) is 19.0 Å². The lowest BCUT2D eigenvalue weighted by atomic mass is 10.1. The fourth-order valence-corrected chi connectivity index (χ4v) is 3.35. The molecule has 0 unspecified atom stereocenters. The van der Waals surface area contributed by atoms with Crippen LogP contribution in [0.4, 0.5) is 0 Å². The van der Waals surface area contributed by atoms with Gasteiger partial charge in [0.25, 0.3) is 11.8 Å². The highest BCUT2D eigenvalue weighted by molar-refractivity contribution is 7.11. The fraction of sp³-hybridized carbons (Fsp3) is 0.421. The highest BCUT2D eigenvalue weighted by Gasteiger charge is 2.18. The molecule has 0 spiro atoms. The molecule has 2 amide bonds. The topological polar surface area (TPSA) is 71.4 Å². The summed E-state index contributed by atoms with van der Waals surface area (Å²) in [6.45, 7) is 6.77. The average Bonchev–Trinajstić information content (AvgIpc) is 2.87. The predicted octanol–water partition coefficient (Wildman–Crippen LogP) is 2.35. The predicted molar refractivity (Wildman–Crippen MR) is 104 cm³/mol. The number of carbonyl (C=O) groups excluding carboxylic acids is 2. The molecule has 140 valence electrons. The second kappa shape index (κ2) is 8.31. The summed E-state index contributed by atoms with van der Waals surface area (Å²) in [4.78, 5) is 38.3. The van der Waals surface area contributed by atoms with E-state index in [9.17, 15) is 14.4 Å². The summed E-state index contributed by atoms with van der Waals surface area (Å²) in [5, 5.41) is 2.85. The summed E-state index contributed by atoms with van der Waals surface area (Å²) in [5.41, 5.74) is 2.16. The van der Waals surface area contributed by atoms with E-state index in [0.29, 0.717) is 35.1 Å². The Kier molecular flexibility index (Phi) is 6.37. The lowest BCUT2D eigenvalue weighted by molar-refractivity contribution is 0.0827. The standard InChI is InChI=1S/C19H25N3O3S/c1-12(2)10-20-17(23)16-13(3)22(19(25)26-16)11-14-6-8-15(9-7-14)18(24)21(4)5/h6-9,12H,10-11H2,1-5H3,(H,20,23). The zero-order chi connectivity index (χ0) is 19.4. The van der Waals surface area contributed by atoms with Crippen molar-refractivity contribution in [1.82, 2.24) is 14.8 Å². The van der Waals surface area contributed by atoms with Crippen LogP contribution in [0, 0.1) is 12.8 Å². The minimum absolute atomic E-state index is 0.0652. The van der Waals surface area contributed by atoms with Gasteiger partial charge in [-0.15, -0.1) is 0 Å². The number of aromatic nitrogens is 1. The molecule has 1 N–H and O–H groups in total. The number of thiazole rings is 1. The number of nitrogens with one attached hydrogen (secondary N) is 1. The van der Waals surface area contributed by atoms with Crippen molar-refractivity contribution in [3.05, 3.63) is 55.6 Å². The number of hydrogen-bond donors (Lipinski definition) is 1. The third-order valence-corrected chi connectivity index (χ3v) is 5.05. The van der Waals surface area contributed by atoms with Crippen molar-refractivity contribution < 1.29 is 9.59 Å². The Bertz CT molecular complexity index is 848. The Morgan fingerprint density at radius 3 is 2.35 bits per heavy atom. The first-order chi connectivity index (χ1) is 12.2. The second-order valence-electron chi connectivity index (χ2n) is 6.87. The molecular weight excluding hydrogens is 350 g/mol. The van der Waals surface area contributed by atoms with Gasteiger partial charge in [0.2, 0.25) is 0 Å². The minimum Gasteiger partial charge on any atom is -0.351 e. The second-order valence-corrected chi connectivity index (χ2v) is 7.83.